The predicted molar refractivity (Wildman–Crippen MR) is 129 cm³/mol. The highest BCUT2D eigenvalue weighted by Crippen LogP contribution is 2.46. The molecule has 0 N–H and O–H groups in total. The first-order valence-electron chi connectivity index (χ1n) is 11.5. The van der Waals surface area contributed by atoms with E-state index < -0.39 is 32.3 Å². The molecular formula is C25H31N2O7S+. The molecule has 2 fully saturated rings. The lowest BCUT2D eigenvalue weighted by molar-refractivity contribution is -0.384. The number of nitro benzene ring substituents is 1. The number of Topliss-reactive ketones (excluding diaryl/α,β-unsaturated/α-hetero) is 1. The van der Waals surface area contributed by atoms with Gasteiger partial charge in [0.2, 0.25) is 16.6 Å². The summed E-state index contributed by atoms with van der Waals surface area (Å²) in [6, 6.07) is 3.72. The Hall–Kier alpha value is -2.94. The van der Waals surface area contributed by atoms with Gasteiger partial charge >= 0.3 is 5.97 Å². The zero-order valence-electron chi connectivity index (χ0n) is 20.3. The van der Waals surface area contributed by atoms with E-state index in [1.165, 1.54) is 22.5 Å². The molecule has 0 aromatic heterocycles. The van der Waals surface area contributed by atoms with Gasteiger partial charge in [0.25, 0.3) is 5.69 Å². The molecule has 1 aromatic carbocycles. The molecule has 2 bridgehead atoms. The highest BCUT2D eigenvalue weighted by Gasteiger charge is 2.53. The minimum Gasteiger partial charge on any atom is -0.465 e. The highest BCUT2D eigenvalue weighted by molar-refractivity contribution is 7.89. The van der Waals surface area contributed by atoms with Crippen molar-refractivity contribution in [2.24, 2.45) is 23.2 Å². The van der Waals surface area contributed by atoms with Gasteiger partial charge in [-0.1, -0.05) is 11.6 Å². The molecule has 1 saturated carbocycles. The van der Waals surface area contributed by atoms with E-state index in [9.17, 15) is 28.1 Å². The number of esters is 1. The summed E-state index contributed by atoms with van der Waals surface area (Å²) >= 11 is 0. The maximum absolute atomic E-state index is 13.6. The summed E-state index contributed by atoms with van der Waals surface area (Å²) in [5, 5.41) is 11.0. The number of hydrogen-bond donors (Lipinski definition) is 0. The normalized spacial score (nSPS) is 26.4. The number of carbonyl (C=O) groups excluding carboxylic acids is 2. The number of nitrogens with zero attached hydrogens (tertiary/aromatic N) is 2. The van der Waals surface area contributed by atoms with Crippen molar-refractivity contribution >= 4 is 27.5 Å². The molecule has 1 heterocycles. The Labute approximate surface area is 206 Å². The zero-order chi connectivity index (χ0) is 26.1. The third kappa shape index (κ3) is 5.19. The number of benzene rings is 1. The number of hydrogen-bond acceptors (Lipinski definition) is 7. The molecule has 1 aromatic rings. The number of piperidine rings is 1. The van der Waals surface area contributed by atoms with Crippen LogP contribution in [0.5, 0.6) is 0 Å². The van der Waals surface area contributed by atoms with Crippen LogP contribution in [0.3, 0.4) is 0 Å². The first-order valence-corrected chi connectivity index (χ1v) is 12.9. The second kappa shape index (κ2) is 9.97. The summed E-state index contributed by atoms with van der Waals surface area (Å²) in [5.41, 5.74) is -0.0858. The van der Waals surface area contributed by atoms with Gasteiger partial charge in [-0.2, -0.15) is 4.31 Å². The first-order chi connectivity index (χ1) is 16.3. The number of non-ortho nitro benzene ring substituents is 1. The van der Waals surface area contributed by atoms with Crippen LogP contribution in [0.15, 0.2) is 46.9 Å². The maximum Gasteiger partial charge on any atom is 0.311 e. The molecule has 4 atom stereocenters. The molecule has 0 amide bonds. The number of allylic oxidation sites excluding steroid dienone is 2. The van der Waals surface area contributed by atoms with Crippen LogP contribution in [0.4, 0.5) is 5.69 Å². The van der Waals surface area contributed by atoms with E-state index in [0.717, 1.165) is 17.7 Å². The van der Waals surface area contributed by atoms with Gasteiger partial charge in [-0.25, -0.2) is 8.42 Å². The molecule has 1 aliphatic heterocycles. The number of ketones is 1. The minimum atomic E-state index is -4.11. The Morgan fingerprint density at radius 3 is 2.43 bits per heavy atom. The van der Waals surface area contributed by atoms with Gasteiger partial charge in [0.05, 0.1) is 27.9 Å². The van der Waals surface area contributed by atoms with Gasteiger partial charge in [0, 0.05) is 36.9 Å². The Bertz CT molecular complexity index is 1150. The number of sulfonamides is 1. The van der Waals surface area contributed by atoms with Gasteiger partial charge in [-0.05, 0) is 52.2 Å². The van der Waals surface area contributed by atoms with Gasteiger partial charge < -0.3 is 4.74 Å². The van der Waals surface area contributed by atoms with Crippen molar-refractivity contribution in [2.75, 3.05) is 13.2 Å². The molecule has 188 valence electrons. The third-order valence-corrected chi connectivity index (χ3v) is 8.67. The first kappa shape index (κ1) is 26.7. The Balaban J connectivity index is 1.95. The summed E-state index contributed by atoms with van der Waals surface area (Å²) < 4.78 is 33.8. The second-order valence-electron chi connectivity index (χ2n) is 10.0. The largest absolute Gasteiger partial charge is 0.465 e. The fourth-order valence-electron chi connectivity index (χ4n) is 4.85. The van der Waals surface area contributed by atoms with Gasteiger partial charge in [-0.3, -0.25) is 19.7 Å². The Morgan fingerprint density at radius 2 is 1.91 bits per heavy atom. The van der Waals surface area contributed by atoms with Crippen molar-refractivity contribution in [2.45, 2.75) is 51.5 Å². The average molecular weight is 504 g/mol. The van der Waals surface area contributed by atoms with E-state index in [4.69, 9.17) is 11.3 Å². The van der Waals surface area contributed by atoms with Crippen LogP contribution in [-0.4, -0.2) is 48.6 Å². The van der Waals surface area contributed by atoms with E-state index >= 15 is 0 Å². The van der Waals surface area contributed by atoms with E-state index in [0.29, 0.717) is 0 Å². The van der Waals surface area contributed by atoms with Crippen molar-refractivity contribution in [1.82, 2.24) is 4.31 Å². The lowest BCUT2D eigenvalue weighted by Crippen LogP contribution is -2.59. The molecule has 1 saturated heterocycles. The average Bonchev–Trinajstić information content (AvgIpc) is 2.81. The molecule has 3 rings (SSSR count). The van der Waals surface area contributed by atoms with Crippen molar-refractivity contribution in [1.29, 1.82) is 0 Å². The molecule has 35 heavy (non-hydrogen) atoms. The summed E-state index contributed by atoms with van der Waals surface area (Å²) in [5.74, 6) is -1.71. The fourth-order valence-corrected chi connectivity index (χ4v) is 6.45. The molecule has 10 heteroatoms. The van der Waals surface area contributed by atoms with Crippen LogP contribution >= 0.6 is 0 Å². The fraction of sp³-hybridized carbons (Fsp3) is 0.520. The number of carbonyl (C=O) groups is 2. The lowest BCUT2D eigenvalue weighted by Gasteiger charge is -2.49. The standard InChI is InChI=1S/C25H31N2O7S/c1-6-8-19-21(15-34-24(29)25(3,4)5)20-13-22(23(19)28)26(14-16(20)7-2)35(32,33)18-11-9-17(10-12-18)27(30)31/h1,6-7,9-12,19-22H,8,13-15H2,2-5H3/q+1/b16-7-/t19-,20-,21-,22-/m0/s1. The van der Waals surface area contributed by atoms with E-state index in [1.54, 1.807) is 20.8 Å². The van der Waals surface area contributed by atoms with Crippen LogP contribution in [-0.2, 0) is 24.3 Å². The Kier molecular flexibility index (Phi) is 7.59. The van der Waals surface area contributed by atoms with E-state index in [2.05, 4.69) is 0 Å². The number of rotatable bonds is 7. The topological polar surface area (TPSA) is 124 Å². The van der Waals surface area contributed by atoms with E-state index in [-0.39, 0.29) is 60.2 Å². The molecule has 2 aliphatic rings. The minimum absolute atomic E-state index is 0.0136. The SMILES string of the molecule is [CH+]=CC[C@@H]1C(=O)[C@@H]2C[C@@H](/C(=C\C)CN2S(=O)(=O)c2ccc([N+](=O)[O-])cc2)[C@H]1COC(=O)C(C)(C)C. The molecule has 1 aliphatic carbocycles. The molecular weight excluding hydrogens is 472 g/mol. The zero-order valence-corrected chi connectivity index (χ0v) is 21.2. The highest BCUT2D eigenvalue weighted by atomic mass is 32.2. The number of fused-ring (bicyclic) bond motifs is 2. The summed E-state index contributed by atoms with van der Waals surface area (Å²) in [7, 11) is -4.11. The Morgan fingerprint density at radius 1 is 1.29 bits per heavy atom. The van der Waals surface area contributed by atoms with Crippen molar-refractivity contribution in [3.8, 4) is 0 Å². The predicted octanol–water partition coefficient (Wildman–Crippen LogP) is 3.70. The summed E-state index contributed by atoms with van der Waals surface area (Å²) in [6.07, 6.45) is 3.72. The van der Waals surface area contributed by atoms with Gasteiger partial charge in [-0.15, -0.1) is 0 Å². The molecule has 9 nitrogen and oxygen atoms in total. The lowest BCUT2D eigenvalue weighted by atomic mass is 9.64. The summed E-state index contributed by atoms with van der Waals surface area (Å²) in [4.78, 5) is 36.2. The third-order valence-electron chi connectivity index (χ3n) is 6.80. The molecule has 0 unspecified atom stereocenters. The quantitative estimate of drug-likeness (QED) is 0.183. The van der Waals surface area contributed by atoms with E-state index in [1.807, 2.05) is 13.0 Å². The smallest absolute Gasteiger partial charge is 0.311 e. The molecule has 0 spiro atoms. The van der Waals surface area contributed by atoms with Crippen LogP contribution < -0.4 is 0 Å². The monoisotopic (exact) mass is 503 g/mol. The van der Waals surface area contributed by atoms with Crippen LogP contribution in [0, 0.1) is 39.9 Å². The second-order valence-corrected chi connectivity index (χ2v) is 11.9. The van der Waals surface area contributed by atoms with Crippen molar-refractivity contribution < 1.29 is 27.7 Å². The number of ether oxygens (including phenoxy) is 1. The maximum atomic E-state index is 13.6. The van der Waals surface area contributed by atoms with Crippen molar-refractivity contribution in [3.63, 3.8) is 0 Å². The van der Waals surface area contributed by atoms with Crippen LogP contribution in [0.2, 0.25) is 0 Å². The summed E-state index contributed by atoms with van der Waals surface area (Å²) in [6.45, 7) is 12.8. The molecule has 0 radical (unpaired) electrons. The van der Waals surface area contributed by atoms with Gasteiger partial charge in [0.15, 0.2) is 11.9 Å². The number of nitro groups is 1. The van der Waals surface area contributed by atoms with Gasteiger partial charge in [0.1, 0.15) is 0 Å². The van der Waals surface area contributed by atoms with Crippen LogP contribution in [0.1, 0.15) is 40.5 Å². The van der Waals surface area contributed by atoms with Crippen LogP contribution in [0.25, 0.3) is 0 Å². The van der Waals surface area contributed by atoms with Crippen molar-refractivity contribution in [3.05, 3.63) is 58.7 Å².